The second kappa shape index (κ2) is 5.28. The largest absolute Gasteiger partial charge is 0.478 e. The van der Waals surface area contributed by atoms with Gasteiger partial charge in [0.15, 0.2) is 0 Å². The fraction of sp³-hybridized carbons (Fsp3) is 0.727. The van der Waals surface area contributed by atoms with Gasteiger partial charge in [0, 0.05) is 24.7 Å². The SMILES string of the molecule is CC(=CCN1CC(O)CCC1C)C(=O)O. The number of aliphatic carboxylic acids is 1. The number of rotatable bonds is 3. The summed E-state index contributed by atoms with van der Waals surface area (Å²) in [5.41, 5.74) is 0.363. The number of hydrogen-bond donors (Lipinski definition) is 2. The van der Waals surface area contributed by atoms with Crippen LogP contribution in [-0.4, -0.2) is 46.3 Å². The second-order valence-corrected chi connectivity index (χ2v) is 4.23. The molecule has 1 fully saturated rings. The molecule has 0 aliphatic carbocycles. The zero-order valence-corrected chi connectivity index (χ0v) is 9.31. The normalized spacial score (nSPS) is 29.1. The standard InChI is InChI=1S/C11H19NO3/c1-8(11(14)15)5-6-12-7-10(13)4-3-9(12)2/h5,9-10,13H,3-4,6-7H2,1-2H3,(H,14,15). The van der Waals surface area contributed by atoms with Gasteiger partial charge in [-0.1, -0.05) is 6.08 Å². The van der Waals surface area contributed by atoms with Crippen LogP contribution in [0.1, 0.15) is 26.7 Å². The number of hydrogen-bond acceptors (Lipinski definition) is 3. The van der Waals surface area contributed by atoms with Crippen LogP contribution in [0.25, 0.3) is 0 Å². The molecule has 0 aromatic rings. The van der Waals surface area contributed by atoms with Gasteiger partial charge in [-0.2, -0.15) is 0 Å². The summed E-state index contributed by atoms with van der Waals surface area (Å²) in [4.78, 5) is 12.7. The fourth-order valence-electron chi connectivity index (χ4n) is 1.75. The van der Waals surface area contributed by atoms with Crippen molar-refractivity contribution in [3.05, 3.63) is 11.6 Å². The van der Waals surface area contributed by atoms with Crippen LogP contribution >= 0.6 is 0 Å². The molecule has 1 rings (SSSR count). The average Bonchev–Trinajstić information content (AvgIpc) is 2.18. The van der Waals surface area contributed by atoms with Crippen LogP contribution in [-0.2, 0) is 4.79 Å². The molecule has 2 atom stereocenters. The van der Waals surface area contributed by atoms with Gasteiger partial charge in [-0.25, -0.2) is 4.79 Å². The summed E-state index contributed by atoms with van der Waals surface area (Å²) in [7, 11) is 0. The lowest BCUT2D eigenvalue weighted by Crippen LogP contribution is -2.44. The monoisotopic (exact) mass is 213 g/mol. The minimum Gasteiger partial charge on any atom is -0.478 e. The maximum Gasteiger partial charge on any atom is 0.330 e. The third-order valence-electron chi connectivity index (χ3n) is 2.96. The van der Waals surface area contributed by atoms with E-state index in [4.69, 9.17) is 5.11 Å². The van der Waals surface area contributed by atoms with Gasteiger partial charge in [0.2, 0.25) is 0 Å². The van der Waals surface area contributed by atoms with Crippen molar-refractivity contribution in [1.82, 2.24) is 4.90 Å². The smallest absolute Gasteiger partial charge is 0.330 e. The predicted molar refractivity (Wildman–Crippen MR) is 57.7 cm³/mol. The Balaban J connectivity index is 2.49. The van der Waals surface area contributed by atoms with E-state index in [2.05, 4.69) is 11.8 Å². The summed E-state index contributed by atoms with van der Waals surface area (Å²) in [5.74, 6) is -0.875. The van der Waals surface area contributed by atoms with Crippen LogP contribution in [0, 0.1) is 0 Å². The van der Waals surface area contributed by atoms with Crippen molar-refractivity contribution in [3.8, 4) is 0 Å². The summed E-state index contributed by atoms with van der Waals surface area (Å²) >= 11 is 0. The van der Waals surface area contributed by atoms with Crippen molar-refractivity contribution in [2.24, 2.45) is 0 Å². The summed E-state index contributed by atoms with van der Waals surface area (Å²) < 4.78 is 0. The number of likely N-dealkylation sites (tertiary alicyclic amines) is 1. The molecule has 0 bridgehead atoms. The van der Waals surface area contributed by atoms with E-state index in [-0.39, 0.29) is 6.10 Å². The topological polar surface area (TPSA) is 60.8 Å². The van der Waals surface area contributed by atoms with Gasteiger partial charge < -0.3 is 10.2 Å². The third-order valence-corrected chi connectivity index (χ3v) is 2.96. The van der Waals surface area contributed by atoms with Crippen molar-refractivity contribution < 1.29 is 15.0 Å². The third kappa shape index (κ3) is 3.64. The molecule has 0 spiro atoms. The Labute approximate surface area is 90.2 Å². The molecular formula is C11H19NO3. The number of carboxylic acid groups (broad SMARTS) is 1. The van der Waals surface area contributed by atoms with Crippen LogP contribution in [0.2, 0.25) is 0 Å². The van der Waals surface area contributed by atoms with Gasteiger partial charge in [0.25, 0.3) is 0 Å². The highest BCUT2D eigenvalue weighted by atomic mass is 16.4. The zero-order chi connectivity index (χ0) is 11.4. The highest BCUT2D eigenvalue weighted by Crippen LogP contribution is 2.16. The molecule has 86 valence electrons. The minimum atomic E-state index is -0.875. The van der Waals surface area contributed by atoms with Crippen molar-refractivity contribution in [3.63, 3.8) is 0 Å². The van der Waals surface area contributed by atoms with Crippen LogP contribution in [0.4, 0.5) is 0 Å². The van der Waals surface area contributed by atoms with E-state index in [1.54, 1.807) is 13.0 Å². The molecule has 15 heavy (non-hydrogen) atoms. The summed E-state index contributed by atoms with van der Waals surface area (Å²) in [5, 5.41) is 18.2. The number of aliphatic hydroxyl groups excluding tert-OH is 1. The Morgan fingerprint density at radius 3 is 2.80 bits per heavy atom. The van der Waals surface area contributed by atoms with Crippen molar-refractivity contribution in [2.75, 3.05) is 13.1 Å². The maximum absolute atomic E-state index is 10.6. The lowest BCUT2D eigenvalue weighted by molar-refractivity contribution is -0.132. The maximum atomic E-state index is 10.6. The molecule has 1 heterocycles. The molecule has 1 aliphatic heterocycles. The van der Waals surface area contributed by atoms with E-state index in [1.807, 2.05) is 0 Å². The predicted octanol–water partition coefficient (Wildman–Crippen LogP) is 0.863. The first-order chi connectivity index (χ1) is 7.00. The molecular weight excluding hydrogens is 194 g/mol. The molecule has 0 aromatic carbocycles. The van der Waals surface area contributed by atoms with Crippen LogP contribution in [0.5, 0.6) is 0 Å². The first kappa shape index (κ1) is 12.2. The average molecular weight is 213 g/mol. The summed E-state index contributed by atoms with van der Waals surface area (Å²) in [6, 6.07) is 0.422. The zero-order valence-electron chi connectivity index (χ0n) is 9.31. The Morgan fingerprint density at radius 2 is 2.20 bits per heavy atom. The first-order valence-electron chi connectivity index (χ1n) is 5.33. The first-order valence-corrected chi connectivity index (χ1v) is 5.33. The van der Waals surface area contributed by atoms with Crippen molar-refractivity contribution in [2.45, 2.75) is 38.8 Å². The quantitative estimate of drug-likeness (QED) is 0.683. The van der Waals surface area contributed by atoms with Gasteiger partial charge in [-0.05, 0) is 26.7 Å². The van der Waals surface area contributed by atoms with E-state index in [0.717, 1.165) is 12.8 Å². The van der Waals surface area contributed by atoms with Crippen LogP contribution in [0.15, 0.2) is 11.6 Å². The lowest BCUT2D eigenvalue weighted by atomic mass is 10.0. The fourth-order valence-corrected chi connectivity index (χ4v) is 1.75. The second-order valence-electron chi connectivity index (χ2n) is 4.23. The van der Waals surface area contributed by atoms with E-state index < -0.39 is 5.97 Å². The van der Waals surface area contributed by atoms with Crippen LogP contribution in [0.3, 0.4) is 0 Å². The Morgan fingerprint density at radius 1 is 1.53 bits per heavy atom. The molecule has 4 nitrogen and oxygen atoms in total. The van der Waals surface area contributed by atoms with Gasteiger partial charge in [-0.15, -0.1) is 0 Å². The van der Waals surface area contributed by atoms with E-state index in [1.165, 1.54) is 0 Å². The van der Waals surface area contributed by atoms with Crippen molar-refractivity contribution >= 4 is 5.97 Å². The molecule has 0 aromatic heterocycles. The number of piperidine rings is 1. The van der Waals surface area contributed by atoms with Gasteiger partial charge in [0.05, 0.1) is 6.10 Å². The number of β-amino-alcohol motifs (C(OH)–C–C–N with tert-alkyl or cyclic N) is 1. The van der Waals surface area contributed by atoms with Gasteiger partial charge in [0.1, 0.15) is 0 Å². The number of carbonyl (C=O) groups is 1. The molecule has 0 radical (unpaired) electrons. The molecule has 2 N–H and O–H groups in total. The molecule has 1 aliphatic rings. The summed E-state index contributed by atoms with van der Waals surface area (Å²) in [6.45, 7) is 4.95. The van der Waals surface area contributed by atoms with E-state index in [9.17, 15) is 9.90 Å². The minimum absolute atomic E-state index is 0.264. The molecule has 0 saturated carbocycles. The Bertz CT molecular complexity index is 263. The molecule has 4 heteroatoms. The van der Waals surface area contributed by atoms with Gasteiger partial charge in [-0.3, -0.25) is 4.90 Å². The Hall–Kier alpha value is -0.870. The lowest BCUT2D eigenvalue weighted by Gasteiger charge is -2.35. The molecule has 1 saturated heterocycles. The molecule has 2 unspecified atom stereocenters. The molecule has 0 amide bonds. The highest BCUT2D eigenvalue weighted by Gasteiger charge is 2.22. The number of aliphatic hydroxyl groups is 1. The summed E-state index contributed by atoms with van der Waals surface area (Å²) in [6.07, 6.45) is 3.26. The van der Waals surface area contributed by atoms with E-state index >= 15 is 0 Å². The van der Waals surface area contributed by atoms with Crippen LogP contribution < -0.4 is 0 Å². The highest BCUT2D eigenvalue weighted by molar-refractivity contribution is 5.85. The number of carboxylic acids is 1. The Kier molecular flexibility index (Phi) is 4.29. The number of nitrogens with zero attached hydrogens (tertiary/aromatic N) is 1. The van der Waals surface area contributed by atoms with Crippen molar-refractivity contribution in [1.29, 1.82) is 0 Å². The van der Waals surface area contributed by atoms with E-state index in [0.29, 0.717) is 24.7 Å². The van der Waals surface area contributed by atoms with Gasteiger partial charge >= 0.3 is 5.97 Å².